The van der Waals surface area contributed by atoms with Gasteiger partial charge in [-0.05, 0) is 12.5 Å². The highest BCUT2D eigenvalue weighted by Gasteiger charge is 2.53. The second-order valence-electron chi connectivity index (χ2n) is 11.6. The molecule has 4 aliphatic rings. The van der Waals surface area contributed by atoms with Gasteiger partial charge in [-0.15, -0.1) is 0 Å². The standard InChI is InChI=1S/C26H45NO18/c1-7-12(15(33)19(37)24(40-2)41-7)27-9-3-8(4-28)22(17(35)13(9)31)44-26-21(39)18(36)23(11(6-30)43-26)45-25-20(38)16(34)14(32)10(5-29)42-25/h3,7,9-39H,4-6H2,1-2H3/t7-,9-,10-,11-,12-,13+,14-,15+,16+,17-,18-,19-,20-,21-,22-,23-,24-,25+,26+/m1/s1. The molecule has 0 unspecified atom stereocenters. The first-order valence-corrected chi connectivity index (χ1v) is 14.5. The van der Waals surface area contributed by atoms with E-state index in [9.17, 15) is 61.3 Å². The van der Waals surface area contributed by atoms with E-state index in [0.717, 1.165) is 0 Å². The van der Waals surface area contributed by atoms with Crippen LogP contribution in [-0.2, 0) is 28.4 Å². The molecule has 0 amide bonds. The van der Waals surface area contributed by atoms with Crippen molar-refractivity contribution in [3.63, 3.8) is 0 Å². The van der Waals surface area contributed by atoms with Crippen molar-refractivity contribution in [3.05, 3.63) is 11.6 Å². The summed E-state index contributed by atoms with van der Waals surface area (Å²) in [5.74, 6) is 0. The fourth-order valence-electron chi connectivity index (χ4n) is 5.98. The van der Waals surface area contributed by atoms with Gasteiger partial charge in [-0.3, -0.25) is 0 Å². The zero-order valence-electron chi connectivity index (χ0n) is 24.5. The first kappa shape index (κ1) is 36.8. The highest BCUT2D eigenvalue weighted by Crippen LogP contribution is 2.33. The molecule has 3 saturated heterocycles. The monoisotopic (exact) mass is 659 g/mol. The number of nitrogens with one attached hydrogen (secondary N) is 1. The number of ether oxygens (including phenoxy) is 6. The maximum atomic E-state index is 11.0. The molecule has 0 radical (unpaired) electrons. The van der Waals surface area contributed by atoms with Crippen molar-refractivity contribution < 1.29 is 89.7 Å². The Morgan fingerprint density at radius 2 is 1.22 bits per heavy atom. The maximum Gasteiger partial charge on any atom is 0.187 e. The minimum Gasteiger partial charge on any atom is -0.394 e. The summed E-state index contributed by atoms with van der Waals surface area (Å²) in [5.41, 5.74) is 0.00465. The van der Waals surface area contributed by atoms with E-state index < -0.39 is 136 Å². The molecule has 0 saturated carbocycles. The Morgan fingerprint density at radius 1 is 0.644 bits per heavy atom. The largest absolute Gasteiger partial charge is 0.394 e. The minimum absolute atomic E-state index is 0.00465. The van der Waals surface area contributed by atoms with Gasteiger partial charge in [0.25, 0.3) is 0 Å². The van der Waals surface area contributed by atoms with Gasteiger partial charge >= 0.3 is 0 Å². The molecule has 19 heteroatoms. The smallest absolute Gasteiger partial charge is 0.187 e. The molecule has 1 aliphatic carbocycles. The van der Waals surface area contributed by atoms with Crippen LogP contribution in [0.5, 0.6) is 0 Å². The van der Waals surface area contributed by atoms with Crippen LogP contribution in [0.2, 0.25) is 0 Å². The van der Waals surface area contributed by atoms with Crippen LogP contribution in [0.25, 0.3) is 0 Å². The Hall–Kier alpha value is -1.02. The number of hydrogen-bond donors (Lipinski definition) is 13. The molecule has 0 aromatic heterocycles. The van der Waals surface area contributed by atoms with Crippen LogP contribution >= 0.6 is 0 Å². The quantitative estimate of drug-likeness (QED) is 0.0968. The Bertz CT molecular complexity index is 974. The normalized spacial score (nSPS) is 51.2. The molecule has 4 rings (SSSR count). The van der Waals surface area contributed by atoms with Crippen LogP contribution in [0.3, 0.4) is 0 Å². The second-order valence-corrected chi connectivity index (χ2v) is 11.6. The first-order chi connectivity index (χ1) is 21.3. The summed E-state index contributed by atoms with van der Waals surface area (Å²) in [6.07, 6.45) is -25.3. The summed E-state index contributed by atoms with van der Waals surface area (Å²) in [4.78, 5) is 0. The van der Waals surface area contributed by atoms with Crippen molar-refractivity contribution in [3.8, 4) is 0 Å². The number of hydrogen-bond acceptors (Lipinski definition) is 19. The van der Waals surface area contributed by atoms with Crippen LogP contribution in [-0.4, -0.2) is 205 Å². The number of aliphatic hydroxyl groups is 12. The van der Waals surface area contributed by atoms with E-state index in [2.05, 4.69) is 5.32 Å². The van der Waals surface area contributed by atoms with Crippen LogP contribution < -0.4 is 5.32 Å². The third kappa shape index (κ3) is 7.37. The van der Waals surface area contributed by atoms with Gasteiger partial charge in [-0.2, -0.15) is 0 Å². The molecule has 262 valence electrons. The topological polar surface area (TPSA) is 310 Å². The number of methoxy groups -OCH3 is 1. The third-order valence-electron chi connectivity index (χ3n) is 8.68. The molecule has 3 heterocycles. The van der Waals surface area contributed by atoms with Crippen molar-refractivity contribution in [1.29, 1.82) is 0 Å². The highest BCUT2D eigenvalue weighted by atomic mass is 16.7. The lowest BCUT2D eigenvalue weighted by Gasteiger charge is -2.47. The molecule has 0 bridgehead atoms. The first-order valence-electron chi connectivity index (χ1n) is 14.5. The summed E-state index contributed by atoms with van der Waals surface area (Å²) in [5, 5.41) is 127. The summed E-state index contributed by atoms with van der Waals surface area (Å²) in [7, 11) is 1.29. The van der Waals surface area contributed by atoms with E-state index in [4.69, 9.17) is 28.4 Å². The molecule has 3 fully saturated rings. The molecule has 13 N–H and O–H groups in total. The fourth-order valence-corrected chi connectivity index (χ4v) is 5.98. The Morgan fingerprint density at radius 3 is 1.82 bits per heavy atom. The van der Waals surface area contributed by atoms with Gasteiger partial charge in [-0.1, -0.05) is 6.08 Å². The van der Waals surface area contributed by atoms with Gasteiger partial charge in [0, 0.05) is 7.11 Å². The van der Waals surface area contributed by atoms with E-state index >= 15 is 0 Å². The lowest BCUT2D eigenvalue weighted by molar-refractivity contribution is -0.364. The van der Waals surface area contributed by atoms with E-state index in [0.29, 0.717) is 0 Å². The van der Waals surface area contributed by atoms with E-state index in [1.165, 1.54) is 13.2 Å². The van der Waals surface area contributed by atoms with Crippen molar-refractivity contribution in [2.45, 2.75) is 123 Å². The predicted octanol–water partition coefficient (Wildman–Crippen LogP) is -7.91. The van der Waals surface area contributed by atoms with E-state index in [-0.39, 0.29) is 5.57 Å². The number of rotatable bonds is 10. The van der Waals surface area contributed by atoms with E-state index in [1.54, 1.807) is 6.92 Å². The van der Waals surface area contributed by atoms with Gasteiger partial charge < -0.3 is 95.0 Å². The average Bonchev–Trinajstić information content (AvgIpc) is 3.03. The van der Waals surface area contributed by atoms with Crippen molar-refractivity contribution in [2.24, 2.45) is 0 Å². The molecular weight excluding hydrogens is 614 g/mol. The van der Waals surface area contributed by atoms with Crippen LogP contribution in [0.1, 0.15) is 6.92 Å². The molecular formula is C26H45NO18. The van der Waals surface area contributed by atoms with Crippen LogP contribution in [0, 0.1) is 0 Å². The van der Waals surface area contributed by atoms with E-state index in [1.807, 2.05) is 0 Å². The summed E-state index contributed by atoms with van der Waals surface area (Å²) < 4.78 is 32.6. The Labute approximate surface area is 257 Å². The molecule has 3 aliphatic heterocycles. The minimum atomic E-state index is -1.94. The molecule has 0 aromatic rings. The lowest BCUT2D eigenvalue weighted by atomic mass is 9.86. The zero-order valence-corrected chi connectivity index (χ0v) is 24.5. The Balaban J connectivity index is 1.46. The van der Waals surface area contributed by atoms with Crippen molar-refractivity contribution in [2.75, 3.05) is 26.9 Å². The third-order valence-corrected chi connectivity index (χ3v) is 8.68. The lowest BCUT2D eigenvalue weighted by Crippen LogP contribution is -2.67. The van der Waals surface area contributed by atoms with Gasteiger partial charge in [-0.25, -0.2) is 0 Å². The molecule has 45 heavy (non-hydrogen) atoms. The molecule has 0 aromatic carbocycles. The number of aliphatic hydroxyl groups excluding tert-OH is 12. The Kier molecular flexibility index (Phi) is 12.7. The van der Waals surface area contributed by atoms with Crippen molar-refractivity contribution >= 4 is 0 Å². The molecule has 0 spiro atoms. The van der Waals surface area contributed by atoms with Gasteiger partial charge in [0.05, 0.1) is 38.0 Å². The predicted molar refractivity (Wildman–Crippen MR) is 143 cm³/mol. The maximum absolute atomic E-state index is 11.0. The summed E-state index contributed by atoms with van der Waals surface area (Å²) in [6, 6.07) is -2.04. The van der Waals surface area contributed by atoms with Gasteiger partial charge in [0.1, 0.15) is 79.4 Å². The highest BCUT2D eigenvalue weighted by molar-refractivity contribution is 5.23. The average molecular weight is 660 g/mol. The van der Waals surface area contributed by atoms with Gasteiger partial charge in [0.15, 0.2) is 18.9 Å². The molecule has 19 atom stereocenters. The zero-order chi connectivity index (χ0) is 33.3. The van der Waals surface area contributed by atoms with Gasteiger partial charge in [0.2, 0.25) is 0 Å². The SMILES string of the molecule is CO[C@@H]1O[C@H](C)[C@@H](N[C@@H]2C=C(CO)[C@@H](O[C@@H]3O[C@H](CO)[C@@H](O[C@@H]4O[C@H](CO)[C@@H](O)[C@H](O)[C@H]4O)[C@H](O)[C@H]3O)[C@H](O)[C@H]2O)[C@H](O)[C@H]1O. The summed E-state index contributed by atoms with van der Waals surface area (Å²) in [6.45, 7) is -0.715. The summed E-state index contributed by atoms with van der Waals surface area (Å²) >= 11 is 0. The fraction of sp³-hybridized carbons (Fsp3) is 0.923. The van der Waals surface area contributed by atoms with Crippen LogP contribution in [0.4, 0.5) is 0 Å². The van der Waals surface area contributed by atoms with Crippen LogP contribution in [0.15, 0.2) is 11.6 Å². The second kappa shape index (κ2) is 15.5. The van der Waals surface area contributed by atoms with Crippen molar-refractivity contribution in [1.82, 2.24) is 5.32 Å². The molecule has 19 nitrogen and oxygen atoms in total.